The molecule has 0 aliphatic heterocycles. The van der Waals surface area contributed by atoms with Crippen LogP contribution in [-0.4, -0.2) is 37.1 Å². The summed E-state index contributed by atoms with van der Waals surface area (Å²) < 4.78 is 0. The quantitative estimate of drug-likeness (QED) is 0.770. The van der Waals surface area contributed by atoms with Crippen molar-refractivity contribution in [1.82, 2.24) is 10.2 Å². The summed E-state index contributed by atoms with van der Waals surface area (Å²) >= 11 is 0. The third-order valence-corrected chi connectivity index (χ3v) is 3.88. The van der Waals surface area contributed by atoms with Gasteiger partial charge in [0, 0.05) is 18.1 Å². The first-order valence-electron chi connectivity index (χ1n) is 6.43. The highest BCUT2D eigenvalue weighted by molar-refractivity contribution is 4.83. The topological polar surface area (TPSA) is 15.3 Å². The van der Waals surface area contributed by atoms with Crippen LogP contribution in [0.5, 0.6) is 0 Å². The molecule has 0 aromatic heterocycles. The highest BCUT2D eigenvalue weighted by atomic mass is 15.1. The van der Waals surface area contributed by atoms with Crippen LogP contribution in [-0.2, 0) is 0 Å². The van der Waals surface area contributed by atoms with Gasteiger partial charge in [-0.2, -0.15) is 0 Å². The third kappa shape index (κ3) is 4.12. The first-order valence-corrected chi connectivity index (χ1v) is 6.43. The molecule has 2 heteroatoms. The van der Waals surface area contributed by atoms with E-state index in [2.05, 4.69) is 45.1 Å². The highest BCUT2D eigenvalue weighted by Gasteiger charge is 2.24. The van der Waals surface area contributed by atoms with Crippen molar-refractivity contribution in [3.8, 4) is 0 Å². The van der Waals surface area contributed by atoms with Gasteiger partial charge in [-0.1, -0.05) is 20.3 Å². The standard InChI is InChI=1S/C13H28N2/c1-10(2)11(3)14-12-7-6-8-13(9-12)15(4)5/h10-14H,6-9H2,1-5H3. The molecule has 1 saturated carbocycles. The summed E-state index contributed by atoms with van der Waals surface area (Å²) in [6, 6.07) is 2.18. The van der Waals surface area contributed by atoms with Crippen LogP contribution in [0.1, 0.15) is 46.5 Å². The van der Waals surface area contributed by atoms with Crippen LogP contribution in [0.25, 0.3) is 0 Å². The molecule has 0 heterocycles. The van der Waals surface area contributed by atoms with Crippen molar-refractivity contribution < 1.29 is 0 Å². The largest absolute Gasteiger partial charge is 0.311 e. The van der Waals surface area contributed by atoms with Gasteiger partial charge >= 0.3 is 0 Å². The molecule has 90 valence electrons. The summed E-state index contributed by atoms with van der Waals surface area (Å²) in [6.07, 6.45) is 5.44. The number of hydrogen-bond acceptors (Lipinski definition) is 2. The summed E-state index contributed by atoms with van der Waals surface area (Å²) in [5.41, 5.74) is 0. The molecule has 0 bridgehead atoms. The van der Waals surface area contributed by atoms with E-state index in [9.17, 15) is 0 Å². The molecule has 3 unspecified atom stereocenters. The lowest BCUT2D eigenvalue weighted by atomic mass is 9.89. The van der Waals surface area contributed by atoms with Crippen LogP contribution < -0.4 is 5.32 Å². The monoisotopic (exact) mass is 212 g/mol. The second-order valence-corrected chi connectivity index (χ2v) is 5.68. The van der Waals surface area contributed by atoms with Crippen LogP contribution in [0.2, 0.25) is 0 Å². The number of nitrogens with zero attached hydrogens (tertiary/aromatic N) is 1. The highest BCUT2D eigenvalue weighted by Crippen LogP contribution is 2.22. The summed E-state index contributed by atoms with van der Waals surface area (Å²) in [6.45, 7) is 6.90. The zero-order valence-corrected chi connectivity index (χ0v) is 11.1. The van der Waals surface area contributed by atoms with Crippen LogP contribution in [0.4, 0.5) is 0 Å². The van der Waals surface area contributed by atoms with Gasteiger partial charge in [-0.3, -0.25) is 0 Å². The van der Waals surface area contributed by atoms with E-state index < -0.39 is 0 Å². The predicted molar refractivity (Wildman–Crippen MR) is 67.2 cm³/mol. The summed E-state index contributed by atoms with van der Waals surface area (Å²) in [5.74, 6) is 0.740. The Morgan fingerprint density at radius 2 is 1.80 bits per heavy atom. The zero-order valence-electron chi connectivity index (χ0n) is 11.1. The number of hydrogen-bond donors (Lipinski definition) is 1. The fourth-order valence-electron chi connectivity index (χ4n) is 2.35. The van der Waals surface area contributed by atoms with E-state index in [1.54, 1.807) is 0 Å². The third-order valence-electron chi connectivity index (χ3n) is 3.88. The van der Waals surface area contributed by atoms with Crippen molar-refractivity contribution in [2.24, 2.45) is 5.92 Å². The fourth-order valence-corrected chi connectivity index (χ4v) is 2.35. The van der Waals surface area contributed by atoms with Crippen molar-refractivity contribution >= 4 is 0 Å². The second-order valence-electron chi connectivity index (χ2n) is 5.68. The number of nitrogens with one attached hydrogen (secondary N) is 1. The van der Waals surface area contributed by atoms with Crippen molar-refractivity contribution in [3.05, 3.63) is 0 Å². The lowest BCUT2D eigenvalue weighted by Crippen LogP contribution is -2.45. The van der Waals surface area contributed by atoms with E-state index in [4.69, 9.17) is 0 Å². The maximum Gasteiger partial charge on any atom is 0.0104 e. The van der Waals surface area contributed by atoms with Crippen LogP contribution in [0.15, 0.2) is 0 Å². The van der Waals surface area contributed by atoms with Crippen LogP contribution in [0, 0.1) is 5.92 Å². The van der Waals surface area contributed by atoms with Crippen molar-refractivity contribution in [3.63, 3.8) is 0 Å². The van der Waals surface area contributed by atoms with Gasteiger partial charge in [-0.25, -0.2) is 0 Å². The molecule has 0 aromatic carbocycles. The second kappa shape index (κ2) is 5.86. The van der Waals surface area contributed by atoms with Gasteiger partial charge in [0.1, 0.15) is 0 Å². The van der Waals surface area contributed by atoms with E-state index in [-0.39, 0.29) is 0 Å². The summed E-state index contributed by atoms with van der Waals surface area (Å²) in [5, 5.41) is 3.78. The molecule has 15 heavy (non-hydrogen) atoms. The van der Waals surface area contributed by atoms with Gasteiger partial charge in [-0.05, 0) is 46.2 Å². The zero-order chi connectivity index (χ0) is 11.4. The Hall–Kier alpha value is -0.0800. The Bertz CT molecular complexity index is 175. The molecule has 0 spiro atoms. The van der Waals surface area contributed by atoms with Crippen LogP contribution in [0.3, 0.4) is 0 Å². The molecule has 0 saturated heterocycles. The van der Waals surface area contributed by atoms with E-state index in [1.165, 1.54) is 25.7 Å². The minimum atomic E-state index is 0.649. The van der Waals surface area contributed by atoms with E-state index in [1.807, 2.05) is 0 Å². The molecule has 1 N–H and O–H groups in total. The molecular weight excluding hydrogens is 184 g/mol. The SMILES string of the molecule is CC(C)C(C)NC1CCCC(N(C)C)C1. The lowest BCUT2D eigenvalue weighted by molar-refractivity contribution is 0.187. The first-order chi connectivity index (χ1) is 7.00. The Kier molecular flexibility index (Phi) is 5.07. The maximum atomic E-state index is 3.78. The van der Waals surface area contributed by atoms with Crippen molar-refractivity contribution in [2.75, 3.05) is 14.1 Å². The molecule has 1 fully saturated rings. The molecule has 2 nitrogen and oxygen atoms in total. The average Bonchev–Trinajstić information content (AvgIpc) is 2.18. The molecule has 1 aliphatic carbocycles. The Balaban J connectivity index is 2.36. The van der Waals surface area contributed by atoms with Gasteiger partial charge < -0.3 is 10.2 Å². The average molecular weight is 212 g/mol. The fraction of sp³-hybridized carbons (Fsp3) is 1.00. The summed E-state index contributed by atoms with van der Waals surface area (Å²) in [7, 11) is 4.41. The van der Waals surface area contributed by atoms with E-state index in [0.29, 0.717) is 6.04 Å². The van der Waals surface area contributed by atoms with Gasteiger partial charge in [0.15, 0.2) is 0 Å². The van der Waals surface area contributed by atoms with Gasteiger partial charge in [0.25, 0.3) is 0 Å². The minimum Gasteiger partial charge on any atom is -0.311 e. The lowest BCUT2D eigenvalue weighted by Gasteiger charge is -2.36. The smallest absolute Gasteiger partial charge is 0.0104 e. The van der Waals surface area contributed by atoms with E-state index in [0.717, 1.165) is 18.0 Å². The Morgan fingerprint density at radius 1 is 1.13 bits per heavy atom. The molecular formula is C13H28N2. The van der Waals surface area contributed by atoms with Crippen molar-refractivity contribution in [2.45, 2.75) is 64.6 Å². The Labute approximate surface area is 95.4 Å². The maximum absolute atomic E-state index is 3.78. The molecule has 0 radical (unpaired) electrons. The molecule has 1 rings (SSSR count). The predicted octanol–water partition coefficient (Wildman–Crippen LogP) is 2.49. The minimum absolute atomic E-state index is 0.649. The van der Waals surface area contributed by atoms with Gasteiger partial charge in [0.2, 0.25) is 0 Å². The molecule has 1 aliphatic rings. The Morgan fingerprint density at radius 3 is 2.33 bits per heavy atom. The van der Waals surface area contributed by atoms with E-state index >= 15 is 0 Å². The van der Waals surface area contributed by atoms with Crippen molar-refractivity contribution in [1.29, 1.82) is 0 Å². The van der Waals surface area contributed by atoms with Gasteiger partial charge in [0.05, 0.1) is 0 Å². The molecule has 0 aromatic rings. The molecule has 0 amide bonds. The number of rotatable bonds is 4. The normalized spacial score (nSPS) is 29.8. The van der Waals surface area contributed by atoms with Crippen LogP contribution >= 0.6 is 0 Å². The first kappa shape index (κ1) is 13.0. The molecule has 3 atom stereocenters. The van der Waals surface area contributed by atoms with Gasteiger partial charge in [-0.15, -0.1) is 0 Å². The summed E-state index contributed by atoms with van der Waals surface area (Å²) in [4.78, 5) is 2.38.